The third-order valence-corrected chi connectivity index (χ3v) is 7.26. The Morgan fingerprint density at radius 2 is 2.00 bits per heavy atom. The number of ether oxygens (including phenoxy) is 2. The zero-order chi connectivity index (χ0) is 24.9. The first-order chi connectivity index (χ1) is 16.9. The lowest BCUT2D eigenvalue weighted by Crippen LogP contribution is -2.28. The quantitative estimate of drug-likeness (QED) is 0.407. The molecule has 1 aliphatic rings. The SMILES string of the molecule is COc1cccc(-c2c(C#N)c(SCC(=O)Nc3ccc(Br)cc3)nc3c2CN(C)CC3)c1OC. The average molecular weight is 553 g/mol. The van der Waals surface area contributed by atoms with Crippen molar-refractivity contribution in [3.8, 4) is 28.7 Å². The fraction of sp³-hybridized carbons (Fsp3) is 0.269. The summed E-state index contributed by atoms with van der Waals surface area (Å²) < 4.78 is 12.2. The van der Waals surface area contributed by atoms with E-state index in [1.165, 1.54) is 11.8 Å². The van der Waals surface area contributed by atoms with Gasteiger partial charge in [-0.05, 0) is 42.9 Å². The van der Waals surface area contributed by atoms with Crippen LogP contribution in [0, 0.1) is 11.3 Å². The van der Waals surface area contributed by atoms with Gasteiger partial charge >= 0.3 is 0 Å². The van der Waals surface area contributed by atoms with E-state index in [1.807, 2.05) is 42.5 Å². The lowest BCUT2D eigenvalue weighted by atomic mass is 9.91. The number of benzene rings is 2. The number of hydrogen-bond donors (Lipinski definition) is 1. The maximum absolute atomic E-state index is 12.6. The Balaban J connectivity index is 1.74. The summed E-state index contributed by atoms with van der Waals surface area (Å²) in [6.45, 7) is 1.54. The van der Waals surface area contributed by atoms with Crippen LogP contribution in [0.5, 0.6) is 11.5 Å². The number of carbonyl (C=O) groups excluding carboxylic acids is 1. The topological polar surface area (TPSA) is 87.5 Å². The highest BCUT2D eigenvalue weighted by Crippen LogP contribution is 2.44. The summed E-state index contributed by atoms with van der Waals surface area (Å²) in [4.78, 5) is 19.7. The van der Waals surface area contributed by atoms with E-state index in [1.54, 1.807) is 14.2 Å². The van der Waals surface area contributed by atoms with Crippen molar-refractivity contribution in [2.75, 3.05) is 38.9 Å². The van der Waals surface area contributed by atoms with E-state index in [0.717, 1.165) is 39.8 Å². The van der Waals surface area contributed by atoms with Crippen LogP contribution in [0.15, 0.2) is 52.0 Å². The van der Waals surface area contributed by atoms with Gasteiger partial charge in [-0.25, -0.2) is 4.98 Å². The van der Waals surface area contributed by atoms with E-state index in [9.17, 15) is 10.1 Å². The number of hydrogen-bond acceptors (Lipinski definition) is 7. The standard InChI is InChI=1S/C26H25BrN4O3S/c1-31-12-11-21-20(14-31)24(18-5-4-6-22(33-2)25(18)34-3)19(13-28)26(30-21)35-15-23(32)29-17-9-7-16(27)8-10-17/h4-10H,11-12,14-15H2,1-3H3,(H,29,32). The molecule has 7 nitrogen and oxygen atoms in total. The second kappa shape index (κ2) is 11.1. The number of pyridine rings is 1. The molecule has 1 N–H and O–H groups in total. The largest absolute Gasteiger partial charge is 0.493 e. The summed E-state index contributed by atoms with van der Waals surface area (Å²) >= 11 is 4.66. The summed E-state index contributed by atoms with van der Waals surface area (Å²) in [5, 5.41) is 13.7. The highest BCUT2D eigenvalue weighted by molar-refractivity contribution is 9.10. The minimum atomic E-state index is -0.166. The number of halogens is 1. The Hall–Kier alpha value is -3.06. The fourth-order valence-corrected chi connectivity index (χ4v) is 5.20. The van der Waals surface area contributed by atoms with Gasteiger partial charge in [0.15, 0.2) is 11.5 Å². The molecule has 0 saturated heterocycles. The van der Waals surface area contributed by atoms with Gasteiger partial charge in [0.1, 0.15) is 11.1 Å². The van der Waals surface area contributed by atoms with E-state index in [-0.39, 0.29) is 11.7 Å². The molecule has 0 aliphatic carbocycles. The Labute approximate surface area is 217 Å². The maximum Gasteiger partial charge on any atom is 0.234 e. The highest BCUT2D eigenvalue weighted by Gasteiger charge is 2.27. The highest BCUT2D eigenvalue weighted by atomic mass is 79.9. The molecular formula is C26H25BrN4O3S. The molecule has 0 radical (unpaired) electrons. The molecule has 1 aromatic heterocycles. The van der Waals surface area contributed by atoms with Crippen LogP contribution in [-0.4, -0.2) is 49.4 Å². The zero-order valence-electron chi connectivity index (χ0n) is 19.7. The normalized spacial score (nSPS) is 13.0. The number of thioether (sulfide) groups is 1. The fourth-order valence-electron chi connectivity index (χ4n) is 4.12. The van der Waals surface area contributed by atoms with Gasteiger partial charge in [0, 0.05) is 46.5 Å². The first-order valence-electron chi connectivity index (χ1n) is 11.0. The van der Waals surface area contributed by atoms with Crippen molar-refractivity contribution >= 4 is 39.3 Å². The summed E-state index contributed by atoms with van der Waals surface area (Å²) in [7, 11) is 5.24. The van der Waals surface area contributed by atoms with Crippen LogP contribution < -0.4 is 14.8 Å². The van der Waals surface area contributed by atoms with E-state index >= 15 is 0 Å². The summed E-state index contributed by atoms with van der Waals surface area (Å²) in [6, 6.07) is 15.4. The van der Waals surface area contributed by atoms with E-state index in [0.29, 0.717) is 34.3 Å². The van der Waals surface area contributed by atoms with Crippen LogP contribution in [0.4, 0.5) is 5.69 Å². The number of fused-ring (bicyclic) bond motifs is 1. The van der Waals surface area contributed by atoms with Crippen LogP contribution in [-0.2, 0) is 17.8 Å². The van der Waals surface area contributed by atoms with Gasteiger partial charge in [0.2, 0.25) is 5.91 Å². The number of amides is 1. The number of rotatable bonds is 7. The number of nitriles is 1. The molecule has 35 heavy (non-hydrogen) atoms. The molecule has 0 spiro atoms. The number of aromatic nitrogens is 1. The van der Waals surface area contributed by atoms with Gasteiger partial charge in [-0.3, -0.25) is 4.79 Å². The van der Waals surface area contributed by atoms with E-state index < -0.39 is 0 Å². The predicted molar refractivity (Wildman–Crippen MR) is 141 cm³/mol. The van der Waals surface area contributed by atoms with Gasteiger partial charge in [-0.1, -0.05) is 39.8 Å². The lowest BCUT2D eigenvalue weighted by Gasteiger charge is -2.28. The first-order valence-corrected chi connectivity index (χ1v) is 12.8. The number of carbonyl (C=O) groups is 1. The molecular weight excluding hydrogens is 528 g/mol. The minimum Gasteiger partial charge on any atom is -0.493 e. The van der Waals surface area contributed by atoms with Crippen LogP contribution in [0.2, 0.25) is 0 Å². The third-order valence-electron chi connectivity index (χ3n) is 5.76. The van der Waals surface area contributed by atoms with Crippen LogP contribution in [0.25, 0.3) is 11.1 Å². The molecule has 2 heterocycles. The Bertz CT molecular complexity index is 1290. The molecule has 180 valence electrons. The van der Waals surface area contributed by atoms with Crippen molar-refractivity contribution < 1.29 is 14.3 Å². The first kappa shape index (κ1) is 25.0. The van der Waals surface area contributed by atoms with Gasteiger partial charge in [-0.2, -0.15) is 5.26 Å². The monoisotopic (exact) mass is 552 g/mol. The molecule has 1 aliphatic heterocycles. The van der Waals surface area contributed by atoms with Gasteiger partial charge in [0.25, 0.3) is 0 Å². The molecule has 9 heteroatoms. The van der Waals surface area contributed by atoms with E-state index in [2.05, 4.69) is 39.3 Å². The summed E-state index contributed by atoms with van der Waals surface area (Å²) in [6.07, 6.45) is 0.759. The number of nitrogens with one attached hydrogen (secondary N) is 1. The molecule has 2 aromatic carbocycles. The maximum atomic E-state index is 12.6. The van der Waals surface area contributed by atoms with Gasteiger partial charge < -0.3 is 19.7 Å². The third kappa shape index (κ3) is 5.45. The molecule has 0 atom stereocenters. The predicted octanol–water partition coefficient (Wildman–Crippen LogP) is 5.12. The second-order valence-corrected chi connectivity index (χ2v) is 9.96. The molecule has 0 unspecified atom stereocenters. The number of nitrogens with zero attached hydrogens (tertiary/aromatic N) is 3. The summed E-state index contributed by atoms with van der Waals surface area (Å²) in [5.74, 6) is 1.12. The van der Waals surface area contributed by atoms with Gasteiger partial charge in [0.05, 0.1) is 25.5 Å². The molecule has 3 aromatic rings. The van der Waals surface area contributed by atoms with Crippen molar-refractivity contribution in [2.45, 2.75) is 18.0 Å². The number of likely N-dealkylation sites (N-methyl/N-ethyl adjacent to an activating group) is 1. The molecule has 0 saturated carbocycles. The average Bonchev–Trinajstić information content (AvgIpc) is 2.87. The second-order valence-electron chi connectivity index (χ2n) is 8.08. The van der Waals surface area contributed by atoms with Crippen molar-refractivity contribution in [3.63, 3.8) is 0 Å². The Morgan fingerprint density at radius 1 is 1.23 bits per heavy atom. The smallest absolute Gasteiger partial charge is 0.234 e. The molecule has 0 fully saturated rings. The molecule has 4 rings (SSSR count). The van der Waals surface area contributed by atoms with Crippen LogP contribution in [0.1, 0.15) is 16.8 Å². The van der Waals surface area contributed by atoms with Crippen LogP contribution >= 0.6 is 27.7 Å². The van der Waals surface area contributed by atoms with Crippen molar-refractivity contribution in [1.29, 1.82) is 5.26 Å². The Morgan fingerprint density at radius 3 is 2.69 bits per heavy atom. The molecule has 0 bridgehead atoms. The zero-order valence-corrected chi connectivity index (χ0v) is 22.1. The molecule has 1 amide bonds. The number of anilines is 1. The Kier molecular flexibility index (Phi) is 7.96. The summed E-state index contributed by atoms with van der Waals surface area (Å²) in [5.41, 5.74) is 4.66. The van der Waals surface area contributed by atoms with Gasteiger partial charge in [-0.15, -0.1) is 0 Å². The van der Waals surface area contributed by atoms with E-state index in [4.69, 9.17) is 14.5 Å². The van der Waals surface area contributed by atoms with Crippen molar-refractivity contribution in [2.24, 2.45) is 0 Å². The number of para-hydroxylation sites is 1. The minimum absolute atomic E-state index is 0.130. The van der Waals surface area contributed by atoms with Crippen LogP contribution in [0.3, 0.4) is 0 Å². The lowest BCUT2D eigenvalue weighted by molar-refractivity contribution is -0.113. The van der Waals surface area contributed by atoms with Crippen molar-refractivity contribution in [3.05, 3.63) is 63.8 Å². The van der Waals surface area contributed by atoms with Crippen molar-refractivity contribution in [1.82, 2.24) is 9.88 Å². The number of methoxy groups -OCH3 is 2.